The highest BCUT2D eigenvalue weighted by Crippen LogP contribution is 2.30. The molecule has 0 radical (unpaired) electrons. The molecule has 1 heterocycles. The molecular weight excluding hydrogens is 328 g/mol. The molecule has 0 amide bonds. The molecule has 1 N–H and O–H groups in total. The maximum Gasteiger partial charge on any atom is 0.122 e. The van der Waals surface area contributed by atoms with Crippen molar-refractivity contribution >= 4 is 15.9 Å². The summed E-state index contributed by atoms with van der Waals surface area (Å²) in [6.45, 7) is 2.83. The van der Waals surface area contributed by atoms with Crippen LogP contribution in [0.5, 0.6) is 5.75 Å². The summed E-state index contributed by atoms with van der Waals surface area (Å²) in [6.07, 6.45) is 2.15. The van der Waals surface area contributed by atoms with Crippen LogP contribution in [0.15, 0.2) is 40.9 Å². The number of aryl methyl sites for hydroxylation is 2. The molecule has 1 atom stereocenters. The van der Waals surface area contributed by atoms with Crippen LogP contribution in [0.4, 0.5) is 0 Å². The third-order valence-electron chi connectivity index (χ3n) is 3.97. The van der Waals surface area contributed by atoms with Crippen molar-refractivity contribution in [3.63, 3.8) is 0 Å². The average Bonchev–Trinajstić information content (AvgIpc) is 2.94. The molecule has 0 aliphatic carbocycles. The Morgan fingerprint density at radius 2 is 2.10 bits per heavy atom. The van der Waals surface area contributed by atoms with Gasteiger partial charge in [-0.2, -0.15) is 0 Å². The minimum Gasteiger partial charge on any atom is -0.493 e. The molecule has 1 unspecified atom stereocenters. The number of aliphatic hydroxyl groups is 1. The lowest BCUT2D eigenvalue weighted by molar-refractivity contribution is 0.167. The lowest BCUT2D eigenvalue weighted by atomic mass is 9.99. The summed E-state index contributed by atoms with van der Waals surface area (Å²) in [5.41, 5.74) is 4.70. The number of ether oxygens (including phenoxy) is 1. The fourth-order valence-corrected chi connectivity index (χ4v) is 3.28. The number of aliphatic hydroxyl groups excluding tert-OH is 1. The molecule has 0 bridgehead atoms. The van der Waals surface area contributed by atoms with Gasteiger partial charge in [-0.05, 0) is 48.6 Å². The van der Waals surface area contributed by atoms with Crippen LogP contribution < -0.4 is 4.74 Å². The van der Waals surface area contributed by atoms with E-state index < -0.39 is 6.10 Å². The Bertz CT molecular complexity index is 652. The highest BCUT2D eigenvalue weighted by atomic mass is 79.9. The first-order valence-corrected chi connectivity index (χ1v) is 8.11. The first-order chi connectivity index (χ1) is 10.1. The summed E-state index contributed by atoms with van der Waals surface area (Å²) in [4.78, 5) is 0. The topological polar surface area (TPSA) is 29.5 Å². The Morgan fingerprint density at radius 1 is 1.24 bits per heavy atom. The fourth-order valence-electron chi connectivity index (χ4n) is 2.77. The van der Waals surface area contributed by atoms with E-state index in [4.69, 9.17) is 4.74 Å². The summed E-state index contributed by atoms with van der Waals surface area (Å²) in [6, 6.07) is 12.4. The predicted molar refractivity (Wildman–Crippen MR) is 87.8 cm³/mol. The molecule has 2 aromatic carbocycles. The van der Waals surface area contributed by atoms with Gasteiger partial charge < -0.3 is 9.84 Å². The first-order valence-electron chi connectivity index (χ1n) is 7.32. The zero-order valence-electron chi connectivity index (χ0n) is 12.1. The summed E-state index contributed by atoms with van der Waals surface area (Å²) >= 11 is 3.52. The molecule has 3 rings (SSSR count). The van der Waals surface area contributed by atoms with Gasteiger partial charge in [-0.15, -0.1) is 0 Å². The molecule has 1 aliphatic heterocycles. The van der Waals surface area contributed by atoms with Crippen LogP contribution in [-0.2, 0) is 12.8 Å². The van der Waals surface area contributed by atoms with Crippen molar-refractivity contribution in [1.29, 1.82) is 0 Å². The van der Waals surface area contributed by atoms with E-state index in [0.717, 1.165) is 41.7 Å². The third kappa shape index (κ3) is 3.30. The molecule has 0 saturated heterocycles. The van der Waals surface area contributed by atoms with Gasteiger partial charge in [-0.1, -0.05) is 45.8 Å². The predicted octanol–water partition coefficient (Wildman–Crippen LogP) is 4.36. The number of rotatable bonds is 4. The molecule has 2 nitrogen and oxygen atoms in total. The number of benzene rings is 2. The summed E-state index contributed by atoms with van der Waals surface area (Å²) in [7, 11) is 0. The smallest absolute Gasteiger partial charge is 0.122 e. The normalized spacial score (nSPS) is 14.6. The number of hydrogen-bond donors (Lipinski definition) is 1. The second-order valence-electron chi connectivity index (χ2n) is 5.62. The van der Waals surface area contributed by atoms with Crippen molar-refractivity contribution < 1.29 is 9.84 Å². The van der Waals surface area contributed by atoms with E-state index in [0.29, 0.717) is 0 Å². The van der Waals surface area contributed by atoms with E-state index in [-0.39, 0.29) is 0 Å². The van der Waals surface area contributed by atoms with Gasteiger partial charge in [0.05, 0.1) is 12.7 Å². The van der Waals surface area contributed by atoms with Crippen LogP contribution in [0, 0.1) is 6.92 Å². The lowest BCUT2D eigenvalue weighted by Gasteiger charge is -2.14. The average molecular weight is 347 g/mol. The Labute approximate surface area is 133 Å². The van der Waals surface area contributed by atoms with Crippen LogP contribution in [0.1, 0.15) is 34.8 Å². The van der Waals surface area contributed by atoms with Crippen LogP contribution in [0.2, 0.25) is 0 Å². The van der Waals surface area contributed by atoms with Gasteiger partial charge in [0.25, 0.3) is 0 Å². The van der Waals surface area contributed by atoms with Crippen molar-refractivity contribution in [2.75, 3.05) is 6.61 Å². The molecule has 2 aromatic rings. The van der Waals surface area contributed by atoms with Crippen molar-refractivity contribution in [3.8, 4) is 5.75 Å². The Balaban J connectivity index is 1.68. The van der Waals surface area contributed by atoms with Crippen LogP contribution in [-0.4, -0.2) is 11.7 Å². The largest absolute Gasteiger partial charge is 0.493 e. The van der Waals surface area contributed by atoms with Gasteiger partial charge in [0.1, 0.15) is 5.75 Å². The van der Waals surface area contributed by atoms with E-state index in [1.54, 1.807) is 0 Å². The minimum atomic E-state index is -0.441. The number of hydrogen-bond acceptors (Lipinski definition) is 2. The molecule has 0 fully saturated rings. The van der Waals surface area contributed by atoms with E-state index in [9.17, 15) is 5.11 Å². The first kappa shape index (κ1) is 14.6. The monoisotopic (exact) mass is 346 g/mol. The molecule has 0 aromatic heterocycles. The van der Waals surface area contributed by atoms with Crippen molar-refractivity contribution in [2.45, 2.75) is 32.3 Å². The Kier molecular flexibility index (Phi) is 4.32. The van der Waals surface area contributed by atoms with E-state index in [2.05, 4.69) is 28.1 Å². The molecular formula is C18H19BrO2. The summed E-state index contributed by atoms with van der Waals surface area (Å²) in [5, 5.41) is 10.4. The zero-order valence-corrected chi connectivity index (χ0v) is 13.7. The van der Waals surface area contributed by atoms with Gasteiger partial charge in [0.15, 0.2) is 0 Å². The summed E-state index contributed by atoms with van der Waals surface area (Å²) in [5.74, 6) is 1.01. The van der Waals surface area contributed by atoms with Gasteiger partial charge in [-0.3, -0.25) is 0 Å². The SMILES string of the molecule is Cc1ccc(Br)c(C(O)CCc2ccc3c(c2)CCO3)c1. The molecule has 0 spiro atoms. The maximum atomic E-state index is 10.4. The van der Waals surface area contributed by atoms with E-state index in [1.807, 2.05) is 31.2 Å². The Morgan fingerprint density at radius 3 is 2.95 bits per heavy atom. The highest BCUT2D eigenvalue weighted by Gasteiger charge is 2.14. The van der Waals surface area contributed by atoms with Gasteiger partial charge in [0.2, 0.25) is 0 Å². The molecule has 21 heavy (non-hydrogen) atoms. The maximum absolute atomic E-state index is 10.4. The number of halogens is 1. The van der Waals surface area contributed by atoms with Crippen molar-refractivity contribution in [3.05, 3.63) is 63.1 Å². The van der Waals surface area contributed by atoms with Crippen LogP contribution >= 0.6 is 15.9 Å². The molecule has 110 valence electrons. The molecule has 1 aliphatic rings. The fraction of sp³-hybridized carbons (Fsp3) is 0.333. The van der Waals surface area contributed by atoms with Crippen LogP contribution in [0.3, 0.4) is 0 Å². The van der Waals surface area contributed by atoms with E-state index in [1.165, 1.54) is 16.7 Å². The van der Waals surface area contributed by atoms with Crippen LogP contribution in [0.25, 0.3) is 0 Å². The quantitative estimate of drug-likeness (QED) is 0.891. The minimum absolute atomic E-state index is 0.441. The Hall–Kier alpha value is -1.32. The second-order valence-corrected chi connectivity index (χ2v) is 6.47. The van der Waals surface area contributed by atoms with Gasteiger partial charge in [-0.25, -0.2) is 0 Å². The van der Waals surface area contributed by atoms with Crippen molar-refractivity contribution in [1.82, 2.24) is 0 Å². The lowest BCUT2D eigenvalue weighted by Crippen LogP contribution is -2.01. The standard InChI is InChI=1S/C18H19BrO2/c1-12-2-5-16(19)15(10-12)17(20)6-3-13-4-7-18-14(11-13)8-9-21-18/h2,4-5,7,10-11,17,20H,3,6,8-9H2,1H3. The molecule has 3 heteroatoms. The van der Waals surface area contributed by atoms with Crippen molar-refractivity contribution in [2.24, 2.45) is 0 Å². The third-order valence-corrected chi connectivity index (χ3v) is 4.69. The second kappa shape index (κ2) is 6.20. The summed E-state index contributed by atoms with van der Waals surface area (Å²) < 4.78 is 6.50. The van der Waals surface area contributed by atoms with Gasteiger partial charge in [0, 0.05) is 10.9 Å². The van der Waals surface area contributed by atoms with E-state index >= 15 is 0 Å². The van der Waals surface area contributed by atoms with Gasteiger partial charge >= 0.3 is 0 Å². The highest BCUT2D eigenvalue weighted by molar-refractivity contribution is 9.10. The molecule has 0 saturated carbocycles. The zero-order chi connectivity index (χ0) is 14.8. The number of fused-ring (bicyclic) bond motifs is 1.